The summed E-state index contributed by atoms with van der Waals surface area (Å²) >= 11 is 0.737. The van der Waals surface area contributed by atoms with Crippen molar-refractivity contribution in [3.8, 4) is 17.2 Å². The van der Waals surface area contributed by atoms with Crippen molar-refractivity contribution in [2.24, 2.45) is 5.73 Å². The Morgan fingerprint density at radius 1 is 0.953 bits per heavy atom. The molecule has 43 heavy (non-hydrogen) atoms. The summed E-state index contributed by atoms with van der Waals surface area (Å²) in [4.78, 5) is 42.0. The Morgan fingerprint density at radius 2 is 1.58 bits per heavy atom. The van der Waals surface area contributed by atoms with E-state index in [4.69, 9.17) is 25.7 Å². The fraction of sp³-hybridized carbons (Fsp3) is 0.226. The molecular formula is C31H33N5O6S. The van der Waals surface area contributed by atoms with Crippen LogP contribution in [0.25, 0.3) is 0 Å². The summed E-state index contributed by atoms with van der Waals surface area (Å²) in [5, 5.41) is 2.97. The molecular weight excluding hydrogens is 570 g/mol. The van der Waals surface area contributed by atoms with Gasteiger partial charge in [-0.15, -0.1) is 0 Å². The van der Waals surface area contributed by atoms with Crippen LogP contribution in [-0.2, 0) is 17.8 Å². The molecule has 4 aromatic rings. The van der Waals surface area contributed by atoms with Crippen LogP contribution in [0.3, 0.4) is 0 Å². The molecule has 0 aliphatic rings. The molecule has 0 bridgehead atoms. The fourth-order valence-electron chi connectivity index (χ4n) is 4.71. The number of nitrogens with two attached hydrogens (primary N) is 2. The summed E-state index contributed by atoms with van der Waals surface area (Å²) in [6.45, 7) is 2.14. The third kappa shape index (κ3) is 6.38. The van der Waals surface area contributed by atoms with E-state index in [0.29, 0.717) is 34.9 Å². The fourth-order valence-corrected chi connectivity index (χ4v) is 5.45. The zero-order chi connectivity index (χ0) is 31.1. The summed E-state index contributed by atoms with van der Waals surface area (Å²) < 4.78 is 20.7. The van der Waals surface area contributed by atoms with Crippen LogP contribution in [0.5, 0.6) is 17.2 Å². The van der Waals surface area contributed by atoms with Gasteiger partial charge in [-0.2, -0.15) is 4.37 Å². The number of para-hydroxylation sites is 1. The number of methoxy groups -OCH3 is 3. The Hall–Kier alpha value is -5.10. The summed E-state index contributed by atoms with van der Waals surface area (Å²) in [6.07, 6.45) is 0.554. The lowest BCUT2D eigenvalue weighted by Gasteiger charge is -2.33. The first kappa shape index (κ1) is 30.8. The van der Waals surface area contributed by atoms with Crippen LogP contribution >= 0.6 is 11.5 Å². The highest BCUT2D eigenvalue weighted by Gasteiger charge is 2.38. The van der Waals surface area contributed by atoms with Crippen molar-refractivity contribution in [3.05, 3.63) is 94.0 Å². The van der Waals surface area contributed by atoms with Gasteiger partial charge in [0, 0.05) is 12.2 Å². The van der Waals surface area contributed by atoms with Gasteiger partial charge < -0.3 is 31.0 Å². The standard InChI is InChI=1S/C31H33N5O6S/c1-5-19-13-9-10-14-21(19)36(31(39)28-24(32)25(29(33)37)35-43-28)26(30(38)34-17-18-11-7-6-8-12-18)20-15-22(40-2)27(42-4)23(16-20)41-3/h6-16,26H,5,17,32H2,1-4H3,(H2,33,37)(H,34,38)/t26-/m1/s1. The molecule has 1 aromatic heterocycles. The largest absolute Gasteiger partial charge is 0.493 e. The molecule has 3 amide bonds. The summed E-state index contributed by atoms with van der Waals surface area (Å²) in [5.74, 6) is -1.09. The lowest BCUT2D eigenvalue weighted by Crippen LogP contribution is -2.44. The van der Waals surface area contributed by atoms with E-state index in [2.05, 4.69) is 9.69 Å². The second-order valence-corrected chi connectivity index (χ2v) is 10.1. The lowest BCUT2D eigenvalue weighted by atomic mass is 9.99. The van der Waals surface area contributed by atoms with Crippen LogP contribution in [0.4, 0.5) is 11.4 Å². The zero-order valence-corrected chi connectivity index (χ0v) is 25.1. The Labute approximate surface area is 253 Å². The maximum Gasteiger partial charge on any atom is 0.273 e. The molecule has 11 nitrogen and oxygen atoms in total. The maximum atomic E-state index is 14.5. The minimum absolute atomic E-state index is 0.0343. The van der Waals surface area contributed by atoms with E-state index in [-0.39, 0.29) is 22.8 Å². The average molecular weight is 604 g/mol. The number of hydrogen-bond acceptors (Lipinski definition) is 9. The molecule has 5 N–H and O–H groups in total. The number of hydrogen-bond donors (Lipinski definition) is 3. The lowest BCUT2D eigenvalue weighted by molar-refractivity contribution is -0.122. The number of nitrogens with one attached hydrogen (secondary N) is 1. The number of primary amides is 1. The van der Waals surface area contributed by atoms with Crippen molar-refractivity contribution in [2.75, 3.05) is 32.0 Å². The third-order valence-corrected chi connectivity index (χ3v) is 7.68. The molecule has 1 heterocycles. The van der Waals surface area contributed by atoms with Crippen LogP contribution in [0, 0.1) is 0 Å². The topological polar surface area (TPSA) is 159 Å². The highest BCUT2D eigenvalue weighted by Crippen LogP contribution is 2.43. The molecule has 3 aromatic carbocycles. The molecule has 0 fully saturated rings. The predicted molar refractivity (Wildman–Crippen MR) is 165 cm³/mol. The van der Waals surface area contributed by atoms with Gasteiger partial charge in [0.15, 0.2) is 17.2 Å². The number of ether oxygens (including phenoxy) is 3. The third-order valence-electron chi connectivity index (χ3n) is 6.83. The highest BCUT2D eigenvalue weighted by atomic mass is 32.1. The van der Waals surface area contributed by atoms with Crippen molar-refractivity contribution in [3.63, 3.8) is 0 Å². The Bertz CT molecular complexity index is 1600. The molecule has 0 aliphatic carbocycles. The van der Waals surface area contributed by atoms with E-state index in [1.807, 2.05) is 49.4 Å². The number of benzene rings is 3. The number of nitrogens with zero attached hydrogens (tertiary/aromatic N) is 2. The molecule has 1 atom stereocenters. The second kappa shape index (κ2) is 13.7. The van der Waals surface area contributed by atoms with Gasteiger partial charge in [0.2, 0.25) is 11.7 Å². The van der Waals surface area contributed by atoms with Gasteiger partial charge >= 0.3 is 0 Å². The van der Waals surface area contributed by atoms with Gasteiger partial charge in [-0.05, 0) is 52.8 Å². The van der Waals surface area contributed by atoms with Gasteiger partial charge in [-0.25, -0.2) is 0 Å². The maximum absolute atomic E-state index is 14.5. The number of aryl methyl sites for hydroxylation is 1. The molecule has 0 spiro atoms. The number of carbonyl (C=O) groups is 3. The number of anilines is 2. The second-order valence-electron chi connectivity index (χ2n) is 9.36. The molecule has 0 saturated carbocycles. The van der Waals surface area contributed by atoms with Crippen molar-refractivity contribution in [2.45, 2.75) is 25.9 Å². The normalized spacial score (nSPS) is 11.3. The molecule has 0 aliphatic heterocycles. The van der Waals surface area contributed by atoms with Gasteiger partial charge in [-0.3, -0.25) is 19.3 Å². The van der Waals surface area contributed by atoms with Crippen LogP contribution in [0.1, 0.15) is 49.8 Å². The first-order valence-electron chi connectivity index (χ1n) is 13.3. The first-order chi connectivity index (χ1) is 20.7. The van der Waals surface area contributed by atoms with Crippen molar-refractivity contribution in [1.29, 1.82) is 0 Å². The SMILES string of the molecule is CCc1ccccc1N(C(=O)c1snc(C(N)=O)c1N)[C@@H](C(=O)NCc1ccccc1)c1cc(OC)c(OC)c(OC)c1. The van der Waals surface area contributed by atoms with Crippen molar-refractivity contribution < 1.29 is 28.6 Å². The van der Waals surface area contributed by atoms with E-state index in [0.717, 1.165) is 22.7 Å². The Balaban J connectivity index is 1.97. The van der Waals surface area contributed by atoms with E-state index in [1.54, 1.807) is 24.3 Å². The molecule has 0 unspecified atom stereocenters. The van der Waals surface area contributed by atoms with E-state index < -0.39 is 23.8 Å². The van der Waals surface area contributed by atoms with Crippen molar-refractivity contribution >= 4 is 40.6 Å². The van der Waals surface area contributed by atoms with Gasteiger partial charge in [0.05, 0.1) is 27.0 Å². The van der Waals surface area contributed by atoms with Crippen LogP contribution in [0.15, 0.2) is 66.7 Å². The monoisotopic (exact) mass is 603 g/mol. The summed E-state index contributed by atoms with van der Waals surface area (Å²) in [7, 11) is 4.40. The number of aromatic nitrogens is 1. The van der Waals surface area contributed by atoms with Crippen LogP contribution in [0.2, 0.25) is 0 Å². The summed E-state index contributed by atoms with van der Waals surface area (Å²) in [5.41, 5.74) is 13.8. The van der Waals surface area contributed by atoms with Gasteiger partial charge in [0.1, 0.15) is 10.9 Å². The minimum Gasteiger partial charge on any atom is -0.493 e. The number of rotatable bonds is 12. The molecule has 224 valence electrons. The Kier molecular flexibility index (Phi) is 9.83. The highest BCUT2D eigenvalue weighted by molar-refractivity contribution is 7.09. The molecule has 0 saturated heterocycles. The Morgan fingerprint density at radius 3 is 2.14 bits per heavy atom. The number of amides is 3. The summed E-state index contributed by atoms with van der Waals surface area (Å²) in [6, 6.07) is 18.6. The minimum atomic E-state index is -1.25. The number of carbonyl (C=O) groups excluding carboxylic acids is 3. The number of nitrogen functional groups attached to an aromatic ring is 1. The van der Waals surface area contributed by atoms with E-state index >= 15 is 0 Å². The first-order valence-corrected chi connectivity index (χ1v) is 14.1. The van der Waals surface area contributed by atoms with Gasteiger partial charge in [0.25, 0.3) is 11.8 Å². The predicted octanol–water partition coefficient (Wildman–Crippen LogP) is 4.12. The quantitative estimate of drug-likeness (QED) is 0.218. The van der Waals surface area contributed by atoms with Gasteiger partial charge in [-0.1, -0.05) is 55.5 Å². The van der Waals surface area contributed by atoms with E-state index in [1.165, 1.54) is 26.2 Å². The zero-order valence-electron chi connectivity index (χ0n) is 24.2. The molecule has 12 heteroatoms. The van der Waals surface area contributed by atoms with Crippen LogP contribution in [-0.4, -0.2) is 43.4 Å². The van der Waals surface area contributed by atoms with E-state index in [9.17, 15) is 14.4 Å². The van der Waals surface area contributed by atoms with Crippen LogP contribution < -0.4 is 35.9 Å². The smallest absolute Gasteiger partial charge is 0.273 e. The average Bonchev–Trinajstić information content (AvgIpc) is 3.43. The molecule has 4 rings (SSSR count). The van der Waals surface area contributed by atoms with Crippen molar-refractivity contribution in [1.82, 2.24) is 9.69 Å². The molecule has 0 radical (unpaired) electrons.